The lowest BCUT2D eigenvalue weighted by Crippen LogP contribution is -2.12. The van der Waals surface area contributed by atoms with Crippen LogP contribution in [-0.4, -0.2) is 11.8 Å². The van der Waals surface area contributed by atoms with Crippen molar-refractivity contribution in [2.75, 3.05) is 10.6 Å². The molecule has 3 aromatic carbocycles. The Kier molecular flexibility index (Phi) is 3.08. The van der Waals surface area contributed by atoms with Gasteiger partial charge in [-0.15, -0.1) is 0 Å². The van der Waals surface area contributed by atoms with E-state index in [0.29, 0.717) is 17.7 Å². The average molecular weight is 302 g/mol. The van der Waals surface area contributed by atoms with E-state index in [1.54, 1.807) is 6.07 Å². The third kappa shape index (κ3) is 2.44. The molecule has 0 unspecified atom stereocenters. The Labute approximate surface area is 133 Å². The molecule has 0 atom stereocenters. The molecule has 2 amide bonds. The first-order chi connectivity index (χ1) is 11.2. The number of nitrogens with one attached hydrogen (secondary N) is 2. The van der Waals surface area contributed by atoms with E-state index >= 15 is 0 Å². The van der Waals surface area contributed by atoms with Gasteiger partial charge in [-0.2, -0.15) is 0 Å². The zero-order valence-electron chi connectivity index (χ0n) is 12.3. The molecule has 1 aliphatic rings. The minimum Gasteiger partial charge on any atom is -0.326 e. The minimum atomic E-state index is -0.154. The molecule has 0 fully saturated rings. The highest BCUT2D eigenvalue weighted by atomic mass is 16.2. The van der Waals surface area contributed by atoms with Crippen LogP contribution in [0, 0.1) is 0 Å². The number of amides is 2. The lowest BCUT2D eigenvalue weighted by Gasteiger charge is -2.09. The maximum atomic E-state index is 12.6. The summed E-state index contributed by atoms with van der Waals surface area (Å²) in [5, 5.41) is 7.65. The van der Waals surface area contributed by atoms with Crippen molar-refractivity contribution < 1.29 is 9.59 Å². The average Bonchev–Trinajstić information content (AvgIpc) is 2.93. The van der Waals surface area contributed by atoms with E-state index in [1.807, 2.05) is 54.6 Å². The van der Waals surface area contributed by atoms with Gasteiger partial charge in [0.2, 0.25) is 5.91 Å². The molecule has 1 heterocycles. The summed E-state index contributed by atoms with van der Waals surface area (Å²) in [5.74, 6) is -0.170. The molecule has 3 aromatic rings. The highest BCUT2D eigenvalue weighted by Crippen LogP contribution is 2.27. The highest BCUT2D eigenvalue weighted by Gasteiger charge is 2.18. The van der Waals surface area contributed by atoms with Gasteiger partial charge in [-0.3, -0.25) is 9.59 Å². The SMILES string of the molecule is O=C1Cc2cc(NC(=O)c3cccc4ccccc34)ccc2N1. The largest absolute Gasteiger partial charge is 0.326 e. The monoisotopic (exact) mass is 302 g/mol. The molecule has 4 nitrogen and oxygen atoms in total. The Bertz CT molecular complexity index is 942. The molecule has 0 saturated carbocycles. The van der Waals surface area contributed by atoms with Gasteiger partial charge >= 0.3 is 0 Å². The second-order valence-electron chi connectivity index (χ2n) is 5.58. The van der Waals surface area contributed by atoms with Crippen LogP contribution in [-0.2, 0) is 11.2 Å². The van der Waals surface area contributed by atoms with E-state index in [1.165, 1.54) is 0 Å². The predicted molar refractivity (Wildman–Crippen MR) is 90.7 cm³/mol. The zero-order chi connectivity index (χ0) is 15.8. The Morgan fingerprint density at radius 1 is 1.00 bits per heavy atom. The third-order valence-electron chi connectivity index (χ3n) is 4.02. The van der Waals surface area contributed by atoms with Crippen LogP contribution >= 0.6 is 0 Å². The third-order valence-corrected chi connectivity index (χ3v) is 4.02. The van der Waals surface area contributed by atoms with Crippen LogP contribution < -0.4 is 10.6 Å². The van der Waals surface area contributed by atoms with Crippen LogP contribution in [0.25, 0.3) is 10.8 Å². The molecule has 0 saturated heterocycles. The predicted octanol–water partition coefficient (Wildman–Crippen LogP) is 3.59. The molecule has 4 heteroatoms. The molecule has 2 N–H and O–H groups in total. The summed E-state index contributed by atoms with van der Waals surface area (Å²) in [5.41, 5.74) is 3.06. The van der Waals surface area contributed by atoms with E-state index in [-0.39, 0.29) is 11.8 Å². The van der Waals surface area contributed by atoms with Gasteiger partial charge in [-0.25, -0.2) is 0 Å². The van der Waals surface area contributed by atoms with Crippen molar-refractivity contribution in [2.24, 2.45) is 0 Å². The first-order valence-electron chi connectivity index (χ1n) is 7.42. The molecule has 0 spiro atoms. The molecule has 0 aliphatic carbocycles. The van der Waals surface area contributed by atoms with Crippen molar-refractivity contribution in [1.29, 1.82) is 0 Å². The molecule has 4 rings (SSSR count). The van der Waals surface area contributed by atoms with Crippen LogP contribution in [0.1, 0.15) is 15.9 Å². The standard InChI is InChI=1S/C19H14N2O2/c22-18-11-13-10-14(8-9-17(13)21-18)20-19(23)16-7-3-5-12-4-1-2-6-15(12)16/h1-10H,11H2,(H,20,23)(H,21,22). The van der Waals surface area contributed by atoms with Crippen molar-refractivity contribution in [3.63, 3.8) is 0 Å². The molecule has 0 aromatic heterocycles. The van der Waals surface area contributed by atoms with Gasteiger partial charge in [0.05, 0.1) is 6.42 Å². The Balaban J connectivity index is 1.65. The maximum Gasteiger partial charge on any atom is 0.256 e. The van der Waals surface area contributed by atoms with Crippen LogP contribution in [0.2, 0.25) is 0 Å². The number of hydrogen-bond donors (Lipinski definition) is 2. The molecule has 112 valence electrons. The van der Waals surface area contributed by atoms with Crippen LogP contribution in [0.3, 0.4) is 0 Å². The van der Waals surface area contributed by atoms with Gasteiger partial charge in [0.25, 0.3) is 5.91 Å². The normalized spacial score (nSPS) is 12.8. The first-order valence-corrected chi connectivity index (χ1v) is 7.42. The Morgan fingerprint density at radius 3 is 2.74 bits per heavy atom. The van der Waals surface area contributed by atoms with Crippen molar-refractivity contribution in [3.8, 4) is 0 Å². The lowest BCUT2D eigenvalue weighted by molar-refractivity contribution is -0.115. The van der Waals surface area contributed by atoms with Crippen molar-refractivity contribution in [1.82, 2.24) is 0 Å². The number of fused-ring (bicyclic) bond motifs is 2. The van der Waals surface area contributed by atoms with Crippen LogP contribution in [0.5, 0.6) is 0 Å². The van der Waals surface area contributed by atoms with Gasteiger partial charge in [0.1, 0.15) is 0 Å². The van der Waals surface area contributed by atoms with Gasteiger partial charge in [-0.1, -0.05) is 36.4 Å². The first kappa shape index (κ1) is 13.5. The smallest absolute Gasteiger partial charge is 0.256 e. The fourth-order valence-corrected chi connectivity index (χ4v) is 2.93. The van der Waals surface area contributed by atoms with E-state index in [4.69, 9.17) is 0 Å². The summed E-state index contributed by atoms with van der Waals surface area (Å²) in [7, 11) is 0. The summed E-state index contributed by atoms with van der Waals surface area (Å²) < 4.78 is 0. The van der Waals surface area contributed by atoms with Crippen LogP contribution in [0.4, 0.5) is 11.4 Å². The zero-order valence-corrected chi connectivity index (χ0v) is 12.3. The minimum absolute atomic E-state index is 0.0162. The van der Waals surface area contributed by atoms with Crippen LogP contribution in [0.15, 0.2) is 60.7 Å². The molecule has 23 heavy (non-hydrogen) atoms. The highest BCUT2D eigenvalue weighted by molar-refractivity contribution is 6.13. The summed E-state index contributed by atoms with van der Waals surface area (Å²) >= 11 is 0. The number of carbonyl (C=O) groups excluding carboxylic acids is 2. The second kappa shape index (κ2) is 5.25. The topological polar surface area (TPSA) is 58.2 Å². The number of benzene rings is 3. The summed E-state index contributed by atoms with van der Waals surface area (Å²) in [6, 6.07) is 18.9. The number of anilines is 2. The second-order valence-corrected chi connectivity index (χ2v) is 5.58. The molecule has 1 aliphatic heterocycles. The Hall–Kier alpha value is -3.14. The van der Waals surface area contributed by atoms with Crippen molar-refractivity contribution >= 4 is 34.0 Å². The quantitative estimate of drug-likeness (QED) is 0.760. The van der Waals surface area contributed by atoms with Gasteiger partial charge in [-0.05, 0) is 40.6 Å². The summed E-state index contributed by atoms with van der Waals surface area (Å²) in [6.45, 7) is 0. The van der Waals surface area contributed by atoms with Gasteiger partial charge in [0.15, 0.2) is 0 Å². The fraction of sp³-hybridized carbons (Fsp3) is 0.0526. The number of rotatable bonds is 2. The van der Waals surface area contributed by atoms with E-state index in [0.717, 1.165) is 22.0 Å². The lowest BCUT2D eigenvalue weighted by atomic mass is 10.0. The fourth-order valence-electron chi connectivity index (χ4n) is 2.93. The number of carbonyl (C=O) groups is 2. The molecule has 0 radical (unpaired) electrons. The van der Waals surface area contributed by atoms with E-state index < -0.39 is 0 Å². The molecular formula is C19H14N2O2. The van der Waals surface area contributed by atoms with Gasteiger partial charge in [0, 0.05) is 16.9 Å². The van der Waals surface area contributed by atoms with E-state index in [2.05, 4.69) is 10.6 Å². The van der Waals surface area contributed by atoms with Crippen molar-refractivity contribution in [3.05, 3.63) is 71.8 Å². The molecular weight excluding hydrogens is 288 g/mol. The van der Waals surface area contributed by atoms with Gasteiger partial charge < -0.3 is 10.6 Å². The van der Waals surface area contributed by atoms with Crippen molar-refractivity contribution in [2.45, 2.75) is 6.42 Å². The van der Waals surface area contributed by atoms with E-state index in [9.17, 15) is 9.59 Å². The summed E-state index contributed by atoms with van der Waals surface area (Å²) in [6.07, 6.45) is 0.354. The molecule has 0 bridgehead atoms. The maximum absolute atomic E-state index is 12.6. The Morgan fingerprint density at radius 2 is 1.83 bits per heavy atom. The number of hydrogen-bond acceptors (Lipinski definition) is 2. The summed E-state index contributed by atoms with van der Waals surface area (Å²) in [4.78, 5) is 24.0.